The lowest BCUT2D eigenvalue weighted by Crippen LogP contribution is -2.25. The molecule has 0 fully saturated rings. The van der Waals surface area contributed by atoms with Gasteiger partial charge in [-0.05, 0) is 31.2 Å². The number of carbonyl (C=O) groups is 1. The highest BCUT2D eigenvalue weighted by Crippen LogP contribution is 2.13. The molecule has 7 heteroatoms. The highest BCUT2D eigenvalue weighted by molar-refractivity contribution is 5.94. The Balaban J connectivity index is 1.62. The number of hydrogen-bond acceptors (Lipinski definition) is 4. The van der Waals surface area contributed by atoms with Gasteiger partial charge in [-0.1, -0.05) is 35.9 Å². The number of para-hydroxylation sites is 1. The van der Waals surface area contributed by atoms with E-state index in [4.69, 9.17) is 0 Å². The number of aryl methyl sites for hydroxylation is 1. The fourth-order valence-corrected chi connectivity index (χ4v) is 2.78. The highest BCUT2D eigenvalue weighted by atomic mass is 16.1. The van der Waals surface area contributed by atoms with Gasteiger partial charge < -0.3 is 10.3 Å². The quantitative estimate of drug-likeness (QED) is 0.585. The van der Waals surface area contributed by atoms with Crippen LogP contribution < -0.4 is 10.9 Å². The van der Waals surface area contributed by atoms with Crippen LogP contribution in [0.3, 0.4) is 0 Å². The Morgan fingerprint density at radius 2 is 1.85 bits per heavy atom. The lowest BCUT2D eigenvalue weighted by molar-refractivity contribution is 0.0950. The fourth-order valence-electron chi connectivity index (χ4n) is 2.78. The van der Waals surface area contributed by atoms with Crippen LogP contribution in [-0.4, -0.2) is 25.7 Å². The van der Waals surface area contributed by atoms with E-state index in [2.05, 4.69) is 20.4 Å². The SMILES string of the molecule is Cc1ccc(C(=O)NCc2nc3c(cnn3-c3ccccc3)c(=O)[nH]2)cc1. The molecule has 0 radical (unpaired) electrons. The summed E-state index contributed by atoms with van der Waals surface area (Å²) in [6.45, 7) is 2.07. The maximum atomic E-state index is 12.3. The molecule has 2 N–H and O–H groups in total. The molecule has 0 aliphatic rings. The first kappa shape index (κ1) is 16.7. The van der Waals surface area contributed by atoms with Gasteiger partial charge in [0.1, 0.15) is 11.2 Å². The molecule has 0 saturated carbocycles. The van der Waals surface area contributed by atoms with Crippen molar-refractivity contribution in [3.8, 4) is 5.69 Å². The summed E-state index contributed by atoms with van der Waals surface area (Å²) in [5.74, 6) is 0.139. The Morgan fingerprint density at radius 1 is 1.11 bits per heavy atom. The third kappa shape index (κ3) is 3.35. The standard InChI is InChI=1S/C20H17N5O2/c1-13-7-9-14(10-8-13)19(26)21-12-17-23-18-16(20(27)24-17)11-22-25(18)15-5-3-2-4-6-15/h2-11H,12H2,1H3,(H,21,26)(H,23,24,27). The average molecular weight is 359 g/mol. The van der Waals surface area contributed by atoms with E-state index in [9.17, 15) is 9.59 Å². The molecular weight excluding hydrogens is 342 g/mol. The zero-order valence-electron chi connectivity index (χ0n) is 14.6. The molecule has 0 spiro atoms. The van der Waals surface area contributed by atoms with Crippen LogP contribution in [0.5, 0.6) is 0 Å². The number of nitrogens with zero attached hydrogens (tertiary/aromatic N) is 3. The number of fused-ring (bicyclic) bond motifs is 1. The average Bonchev–Trinajstić information content (AvgIpc) is 3.12. The monoisotopic (exact) mass is 359 g/mol. The summed E-state index contributed by atoms with van der Waals surface area (Å²) in [6, 6.07) is 16.7. The molecule has 0 bridgehead atoms. The third-order valence-electron chi connectivity index (χ3n) is 4.22. The van der Waals surface area contributed by atoms with Gasteiger partial charge in [-0.2, -0.15) is 5.10 Å². The number of benzene rings is 2. The minimum atomic E-state index is -0.290. The number of rotatable bonds is 4. The van der Waals surface area contributed by atoms with Crippen molar-refractivity contribution < 1.29 is 4.79 Å². The van der Waals surface area contributed by atoms with E-state index in [1.54, 1.807) is 16.8 Å². The lowest BCUT2D eigenvalue weighted by atomic mass is 10.1. The van der Waals surface area contributed by atoms with Crippen molar-refractivity contribution in [2.24, 2.45) is 0 Å². The fraction of sp³-hybridized carbons (Fsp3) is 0.100. The number of H-pyrrole nitrogens is 1. The molecule has 2 aromatic heterocycles. The van der Waals surface area contributed by atoms with Gasteiger partial charge in [0.15, 0.2) is 5.65 Å². The molecule has 4 aromatic rings. The Bertz CT molecular complexity index is 1160. The van der Waals surface area contributed by atoms with E-state index >= 15 is 0 Å². The number of nitrogens with one attached hydrogen (secondary N) is 2. The van der Waals surface area contributed by atoms with E-state index in [0.29, 0.717) is 22.4 Å². The second-order valence-corrected chi connectivity index (χ2v) is 6.19. The van der Waals surface area contributed by atoms with Gasteiger partial charge >= 0.3 is 0 Å². The molecule has 7 nitrogen and oxygen atoms in total. The summed E-state index contributed by atoms with van der Waals surface area (Å²) in [5.41, 5.74) is 2.60. The van der Waals surface area contributed by atoms with Gasteiger partial charge in [0, 0.05) is 5.56 Å². The smallest absolute Gasteiger partial charge is 0.262 e. The number of aromatic nitrogens is 4. The molecule has 0 atom stereocenters. The first-order valence-electron chi connectivity index (χ1n) is 8.49. The van der Waals surface area contributed by atoms with Gasteiger partial charge in [-0.3, -0.25) is 9.59 Å². The highest BCUT2D eigenvalue weighted by Gasteiger charge is 2.12. The number of amides is 1. The van der Waals surface area contributed by atoms with E-state index < -0.39 is 0 Å². The maximum Gasteiger partial charge on any atom is 0.262 e. The number of carbonyl (C=O) groups excluding carboxylic acids is 1. The summed E-state index contributed by atoms with van der Waals surface area (Å²) in [6.07, 6.45) is 1.49. The van der Waals surface area contributed by atoms with E-state index in [0.717, 1.165) is 11.3 Å². The molecule has 2 heterocycles. The predicted octanol–water partition coefficient (Wildman–Crippen LogP) is 2.35. The van der Waals surface area contributed by atoms with E-state index in [-0.39, 0.29) is 18.0 Å². The Kier molecular flexibility index (Phi) is 4.25. The van der Waals surface area contributed by atoms with Crippen LogP contribution in [0.2, 0.25) is 0 Å². The van der Waals surface area contributed by atoms with Crippen molar-refractivity contribution >= 4 is 16.9 Å². The molecule has 0 aliphatic heterocycles. The zero-order chi connectivity index (χ0) is 18.8. The second kappa shape index (κ2) is 6.87. The minimum absolute atomic E-state index is 0.109. The van der Waals surface area contributed by atoms with Crippen molar-refractivity contribution in [1.29, 1.82) is 0 Å². The summed E-state index contributed by atoms with van der Waals surface area (Å²) < 4.78 is 1.61. The van der Waals surface area contributed by atoms with E-state index in [1.807, 2.05) is 49.4 Å². The second-order valence-electron chi connectivity index (χ2n) is 6.19. The van der Waals surface area contributed by atoms with Crippen molar-refractivity contribution in [3.05, 3.63) is 88.1 Å². The molecule has 134 valence electrons. The molecule has 0 saturated heterocycles. The third-order valence-corrected chi connectivity index (χ3v) is 4.22. The van der Waals surface area contributed by atoms with Crippen LogP contribution in [0.15, 0.2) is 65.6 Å². The van der Waals surface area contributed by atoms with Gasteiger partial charge in [-0.15, -0.1) is 0 Å². The number of aromatic amines is 1. The maximum absolute atomic E-state index is 12.3. The topological polar surface area (TPSA) is 92.7 Å². The van der Waals surface area contributed by atoms with Crippen molar-refractivity contribution in [2.75, 3.05) is 0 Å². The first-order chi connectivity index (χ1) is 13.1. The lowest BCUT2D eigenvalue weighted by Gasteiger charge is -2.07. The predicted molar refractivity (Wildman–Crippen MR) is 102 cm³/mol. The summed E-state index contributed by atoms with van der Waals surface area (Å²) in [4.78, 5) is 31.8. The van der Waals surface area contributed by atoms with Crippen LogP contribution in [0, 0.1) is 6.92 Å². The van der Waals surface area contributed by atoms with Gasteiger partial charge in [0.25, 0.3) is 11.5 Å². The Labute approximate surface area is 154 Å². The summed E-state index contributed by atoms with van der Waals surface area (Å²) in [7, 11) is 0. The molecule has 4 rings (SSSR count). The Hall–Kier alpha value is -3.74. The number of hydrogen-bond donors (Lipinski definition) is 2. The molecule has 1 amide bonds. The van der Waals surface area contributed by atoms with Crippen LogP contribution in [0.4, 0.5) is 0 Å². The molecule has 27 heavy (non-hydrogen) atoms. The molecule has 2 aromatic carbocycles. The normalized spacial score (nSPS) is 10.9. The molecule has 0 unspecified atom stereocenters. The first-order valence-corrected chi connectivity index (χ1v) is 8.49. The van der Waals surface area contributed by atoms with E-state index in [1.165, 1.54) is 6.20 Å². The molecule has 0 aliphatic carbocycles. The molecular formula is C20H17N5O2. The summed E-state index contributed by atoms with van der Waals surface area (Å²) >= 11 is 0. The van der Waals surface area contributed by atoms with Crippen LogP contribution >= 0.6 is 0 Å². The van der Waals surface area contributed by atoms with Crippen LogP contribution in [0.25, 0.3) is 16.7 Å². The van der Waals surface area contributed by atoms with Gasteiger partial charge in [-0.25, -0.2) is 9.67 Å². The van der Waals surface area contributed by atoms with Crippen molar-refractivity contribution in [1.82, 2.24) is 25.1 Å². The van der Waals surface area contributed by atoms with Crippen molar-refractivity contribution in [3.63, 3.8) is 0 Å². The van der Waals surface area contributed by atoms with Gasteiger partial charge in [0.05, 0.1) is 18.4 Å². The zero-order valence-corrected chi connectivity index (χ0v) is 14.6. The largest absolute Gasteiger partial charge is 0.345 e. The van der Waals surface area contributed by atoms with Crippen molar-refractivity contribution in [2.45, 2.75) is 13.5 Å². The van der Waals surface area contributed by atoms with Crippen LogP contribution in [0.1, 0.15) is 21.7 Å². The Morgan fingerprint density at radius 3 is 2.59 bits per heavy atom. The summed E-state index contributed by atoms with van der Waals surface area (Å²) in [5, 5.41) is 7.44. The minimum Gasteiger partial charge on any atom is -0.345 e. The van der Waals surface area contributed by atoms with Crippen LogP contribution in [-0.2, 0) is 6.54 Å². The van der Waals surface area contributed by atoms with Gasteiger partial charge in [0.2, 0.25) is 0 Å².